The molecule has 0 aliphatic heterocycles. The predicted octanol–water partition coefficient (Wildman–Crippen LogP) is 4.28. The van der Waals surface area contributed by atoms with Gasteiger partial charge in [-0.05, 0) is 37.2 Å². The third kappa shape index (κ3) is 7.57. The van der Waals surface area contributed by atoms with Crippen molar-refractivity contribution in [3.05, 3.63) is 29.3 Å². The summed E-state index contributed by atoms with van der Waals surface area (Å²) >= 11 is 5.80. The first-order chi connectivity index (χ1) is 8.83. The van der Waals surface area contributed by atoms with Crippen LogP contribution < -0.4 is 10.1 Å². The molecule has 0 aliphatic rings. The largest absolute Gasteiger partial charge is 0.492 e. The number of hydrogen-bond acceptors (Lipinski definition) is 2. The number of unbranched alkanes of at least 4 members (excludes halogenated alkanes) is 4. The Balaban J connectivity index is 1.91. The summed E-state index contributed by atoms with van der Waals surface area (Å²) in [5.74, 6) is 0.879. The lowest BCUT2D eigenvalue weighted by atomic mass is 10.1. The standard InChI is InChI=1S/C15H24ClNO/c1-2-3-4-5-6-11-17-12-13-18-15-9-7-14(16)8-10-15/h7-10,17H,2-6,11-13H2,1H3. The zero-order valence-corrected chi connectivity index (χ0v) is 12.0. The number of rotatable bonds is 10. The average molecular weight is 270 g/mol. The second-order valence-electron chi connectivity index (χ2n) is 4.47. The van der Waals surface area contributed by atoms with Crippen molar-refractivity contribution in [2.45, 2.75) is 39.0 Å². The van der Waals surface area contributed by atoms with Gasteiger partial charge in [-0.1, -0.05) is 44.2 Å². The highest BCUT2D eigenvalue weighted by Crippen LogP contribution is 2.15. The Morgan fingerprint density at radius 3 is 2.44 bits per heavy atom. The first kappa shape index (κ1) is 15.3. The van der Waals surface area contributed by atoms with E-state index in [9.17, 15) is 0 Å². The molecule has 1 rings (SSSR count). The van der Waals surface area contributed by atoms with E-state index in [1.807, 2.05) is 24.3 Å². The molecular weight excluding hydrogens is 246 g/mol. The minimum Gasteiger partial charge on any atom is -0.492 e. The Bertz CT molecular complexity index is 300. The fourth-order valence-electron chi connectivity index (χ4n) is 1.75. The molecule has 0 fully saturated rings. The minimum atomic E-state index is 0.705. The maximum atomic E-state index is 5.80. The number of ether oxygens (including phenoxy) is 1. The van der Waals surface area contributed by atoms with Crippen LogP contribution in [0, 0.1) is 0 Å². The Hall–Kier alpha value is -0.730. The highest BCUT2D eigenvalue weighted by molar-refractivity contribution is 6.30. The fraction of sp³-hybridized carbons (Fsp3) is 0.600. The van der Waals surface area contributed by atoms with Crippen molar-refractivity contribution >= 4 is 11.6 Å². The van der Waals surface area contributed by atoms with Crippen molar-refractivity contribution in [1.82, 2.24) is 5.32 Å². The summed E-state index contributed by atoms with van der Waals surface area (Å²) in [6, 6.07) is 7.48. The summed E-state index contributed by atoms with van der Waals surface area (Å²) in [5, 5.41) is 4.14. The van der Waals surface area contributed by atoms with Gasteiger partial charge in [-0.25, -0.2) is 0 Å². The molecule has 3 heteroatoms. The maximum Gasteiger partial charge on any atom is 0.119 e. The topological polar surface area (TPSA) is 21.3 Å². The van der Waals surface area contributed by atoms with Crippen LogP contribution >= 0.6 is 11.6 Å². The van der Waals surface area contributed by atoms with Gasteiger partial charge in [0, 0.05) is 11.6 Å². The van der Waals surface area contributed by atoms with Crippen LogP contribution in [0.25, 0.3) is 0 Å². The lowest BCUT2D eigenvalue weighted by molar-refractivity contribution is 0.313. The molecule has 0 unspecified atom stereocenters. The van der Waals surface area contributed by atoms with Crippen LogP contribution in [0.15, 0.2) is 24.3 Å². The minimum absolute atomic E-state index is 0.705. The normalized spacial score (nSPS) is 10.6. The van der Waals surface area contributed by atoms with E-state index in [0.717, 1.165) is 23.9 Å². The first-order valence-corrected chi connectivity index (χ1v) is 7.30. The van der Waals surface area contributed by atoms with E-state index in [4.69, 9.17) is 16.3 Å². The second kappa shape index (κ2) is 10.2. The molecule has 0 aromatic heterocycles. The third-order valence-corrected chi connectivity index (χ3v) is 3.07. The lowest BCUT2D eigenvalue weighted by Gasteiger charge is -2.07. The van der Waals surface area contributed by atoms with Crippen molar-refractivity contribution in [3.8, 4) is 5.75 Å². The summed E-state index contributed by atoms with van der Waals surface area (Å²) in [6.45, 7) is 4.94. The van der Waals surface area contributed by atoms with Crippen molar-refractivity contribution in [2.75, 3.05) is 19.7 Å². The monoisotopic (exact) mass is 269 g/mol. The molecule has 0 aliphatic carbocycles. The molecule has 0 atom stereocenters. The Labute approximate surface area is 116 Å². The van der Waals surface area contributed by atoms with Crippen LogP contribution in [-0.4, -0.2) is 19.7 Å². The van der Waals surface area contributed by atoms with Crippen LogP contribution in [0.4, 0.5) is 0 Å². The SMILES string of the molecule is CCCCCCCNCCOc1ccc(Cl)cc1. The van der Waals surface area contributed by atoms with Crippen LogP contribution in [-0.2, 0) is 0 Å². The summed E-state index contributed by atoms with van der Waals surface area (Å²) in [7, 11) is 0. The number of hydrogen-bond donors (Lipinski definition) is 1. The van der Waals surface area contributed by atoms with Gasteiger partial charge >= 0.3 is 0 Å². The summed E-state index contributed by atoms with van der Waals surface area (Å²) in [6.07, 6.45) is 6.63. The van der Waals surface area contributed by atoms with Gasteiger partial charge in [-0.2, -0.15) is 0 Å². The highest BCUT2D eigenvalue weighted by Gasteiger charge is 1.94. The summed E-state index contributed by atoms with van der Waals surface area (Å²) in [5.41, 5.74) is 0. The quantitative estimate of drug-likeness (QED) is 0.640. The molecular formula is C15H24ClNO. The predicted molar refractivity (Wildman–Crippen MR) is 78.6 cm³/mol. The lowest BCUT2D eigenvalue weighted by Crippen LogP contribution is -2.22. The van der Waals surface area contributed by atoms with Crippen LogP contribution in [0.5, 0.6) is 5.75 Å². The first-order valence-electron chi connectivity index (χ1n) is 6.92. The van der Waals surface area contributed by atoms with Crippen LogP contribution in [0.2, 0.25) is 5.02 Å². The molecule has 1 aromatic carbocycles. The average Bonchev–Trinajstić information content (AvgIpc) is 2.39. The molecule has 0 saturated heterocycles. The second-order valence-corrected chi connectivity index (χ2v) is 4.90. The van der Waals surface area contributed by atoms with E-state index >= 15 is 0 Å². The van der Waals surface area contributed by atoms with Gasteiger partial charge in [-0.15, -0.1) is 0 Å². The maximum absolute atomic E-state index is 5.80. The number of nitrogens with one attached hydrogen (secondary N) is 1. The molecule has 0 bridgehead atoms. The van der Waals surface area contributed by atoms with Crippen LogP contribution in [0.1, 0.15) is 39.0 Å². The van der Waals surface area contributed by atoms with Gasteiger partial charge in [0.25, 0.3) is 0 Å². The van der Waals surface area contributed by atoms with Gasteiger partial charge in [0.15, 0.2) is 0 Å². The molecule has 2 nitrogen and oxygen atoms in total. The highest BCUT2D eigenvalue weighted by atomic mass is 35.5. The van der Waals surface area contributed by atoms with E-state index in [1.165, 1.54) is 32.1 Å². The van der Waals surface area contributed by atoms with Crippen molar-refractivity contribution in [2.24, 2.45) is 0 Å². The molecule has 0 heterocycles. The number of benzene rings is 1. The molecule has 102 valence electrons. The molecule has 0 spiro atoms. The van der Waals surface area contributed by atoms with Crippen molar-refractivity contribution < 1.29 is 4.74 Å². The number of halogens is 1. The third-order valence-electron chi connectivity index (χ3n) is 2.82. The van der Waals surface area contributed by atoms with Crippen molar-refractivity contribution in [3.63, 3.8) is 0 Å². The molecule has 18 heavy (non-hydrogen) atoms. The van der Waals surface area contributed by atoms with Gasteiger partial charge in [0.05, 0.1) is 0 Å². The van der Waals surface area contributed by atoms with E-state index in [2.05, 4.69) is 12.2 Å². The van der Waals surface area contributed by atoms with Crippen molar-refractivity contribution in [1.29, 1.82) is 0 Å². The Morgan fingerprint density at radius 2 is 1.72 bits per heavy atom. The molecule has 0 radical (unpaired) electrons. The molecule has 1 N–H and O–H groups in total. The summed E-state index contributed by atoms with van der Waals surface area (Å²) in [4.78, 5) is 0. The summed E-state index contributed by atoms with van der Waals surface area (Å²) < 4.78 is 5.58. The van der Waals surface area contributed by atoms with Gasteiger partial charge in [0.1, 0.15) is 12.4 Å². The van der Waals surface area contributed by atoms with E-state index in [0.29, 0.717) is 6.61 Å². The fourth-order valence-corrected chi connectivity index (χ4v) is 1.88. The Kier molecular flexibility index (Phi) is 8.70. The zero-order chi connectivity index (χ0) is 13.1. The van der Waals surface area contributed by atoms with E-state index in [-0.39, 0.29) is 0 Å². The molecule has 0 amide bonds. The van der Waals surface area contributed by atoms with Gasteiger partial charge < -0.3 is 10.1 Å². The van der Waals surface area contributed by atoms with Crippen LogP contribution in [0.3, 0.4) is 0 Å². The zero-order valence-electron chi connectivity index (χ0n) is 11.3. The van der Waals surface area contributed by atoms with Gasteiger partial charge in [-0.3, -0.25) is 0 Å². The smallest absolute Gasteiger partial charge is 0.119 e. The molecule has 1 aromatic rings. The Morgan fingerprint density at radius 1 is 1.00 bits per heavy atom. The molecule has 0 saturated carbocycles. The van der Waals surface area contributed by atoms with E-state index < -0.39 is 0 Å². The van der Waals surface area contributed by atoms with E-state index in [1.54, 1.807) is 0 Å². The van der Waals surface area contributed by atoms with Gasteiger partial charge in [0.2, 0.25) is 0 Å².